The fourth-order valence-corrected chi connectivity index (χ4v) is 7.62. The van der Waals surface area contributed by atoms with E-state index in [1.807, 2.05) is 6.08 Å². The zero-order valence-electron chi connectivity index (χ0n) is 44.3. The first-order valence-electron chi connectivity index (χ1n) is 28.2. The summed E-state index contributed by atoms with van der Waals surface area (Å²) in [5.41, 5.74) is 0. The van der Waals surface area contributed by atoms with Gasteiger partial charge in [-0.1, -0.05) is 246 Å². The first-order chi connectivity index (χ1) is 33.5. The van der Waals surface area contributed by atoms with Gasteiger partial charge in [0.25, 0.3) is 0 Å². The lowest BCUT2D eigenvalue weighted by Gasteiger charge is -2.18. The van der Waals surface area contributed by atoms with E-state index in [0.717, 1.165) is 103 Å². The number of unbranched alkanes of at least 4 members (excludes halogenated alkanes) is 23. The molecule has 0 heterocycles. The molecule has 0 radical (unpaired) electrons. The number of rotatable bonds is 50. The molecule has 6 nitrogen and oxygen atoms in total. The Morgan fingerprint density at radius 1 is 0.309 bits per heavy atom. The molecular formula is C62H104O6. The topological polar surface area (TPSA) is 78.9 Å². The number of carbonyl (C=O) groups is 3. The molecule has 0 aromatic rings. The van der Waals surface area contributed by atoms with Crippen LogP contribution in [0.3, 0.4) is 0 Å². The summed E-state index contributed by atoms with van der Waals surface area (Å²) in [4.78, 5) is 38.1. The van der Waals surface area contributed by atoms with Crippen LogP contribution in [0.15, 0.2) is 97.2 Å². The number of hydrogen-bond donors (Lipinski definition) is 0. The number of esters is 3. The highest BCUT2D eigenvalue weighted by atomic mass is 16.6. The molecule has 0 aliphatic rings. The minimum absolute atomic E-state index is 0.105. The molecule has 1 unspecified atom stereocenters. The molecule has 0 fully saturated rings. The van der Waals surface area contributed by atoms with Crippen LogP contribution in [0.1, 0.15) is 258 Å². The quantitative estimate of drug-likeness (QED) is 0.0262. The van der Waals surface area contributed by atoms with E-state index in [0.29, 0.717) is 19.3 Å². The maximum absolute atomic E-state index is 12.8. The molecule has 388 valence electrons. The normalized spacial score (nSPS) is 12.8. The standard InChI is InChI=1S/C62H104O6/c1-4-7-10-13-16-19-22-25-28-30-31-32-35-37-40-43-46-49-52-55-61(64)67-58-59(57-66-60(63)54-51-48-45-42-39-36-33-27-24-21-18-15-12-9-6-3)68-62(65)56-53-50-47-44-41-38-34-29-26-23-20-17-14-11-8-5-2/h7,10,16,19-20,23,25,28-29,31-32,34,37,40,46,49,59H,4-6,8-9,11-15,17-18,21-22,24,26-27,30,33,35-36,38-39,41-45,47-48,50-58H2,1-3H3/b10-7-,19-16-,23-20-,28-25-,32-31-,34-29-,40-37-,49-46-. The molecule has 0 aliphatic carbocycles. The van der Waals surface area contributed by atoms with Gasteiger partial charge in [-0.3, -0.25) is 14.4 Å². The highest BCUT2D eigenvalue weighted by Gasteiger charge is 2.19. The zero-order chi connectivity index (χ0) is 49.3. The summed E-state index contributed by atoms with van der Waals surface area (Å²) in [5.74, 6) is -1.00. The van der Waals surface area contributed by atoms with Gasteiger partial charge in [0.15, 0.2) is 6.10 Å². The highest BCUT2D eigenvalue weighted by molar-refractivity contribution is 5.71. The second-order valence-corrected chi connectivity index (χ2v) is 18.5. The van der Waals surface area contributed by atoms with Crippen molar-refractivity contribution in [3.05, 3.63) is 97.2 Å². The van der Waals surface area contributed by atoms with E-state index in [4.69, 9.17) is 14.2 Å². The van der Waals surface area contributed by atoms with Crippen LogP contribution in [-0.2, 0) is 28.6 Å². The van der Waals surface area contributed by atoms with Gasteiger partial charge in [-0.15, -0.1) is 0 Å². The van der Waals surface area contributed by atoms with Crippen molar-refractivity contribution < 1.29 is 28.6 Å². The molecule has 0 rings (SSSR count). The Hall–Kier alpha value is -3.67. The smallest absolute Gasteiger partial charge is 0.306 e. The number of allylic oxidation sites excluding steroid dienone is 16. The van der Waals surface area contributed by atoms with Gasteiger partial charge < -0.3 is 14.2 Å². The summed E-state index contributed by atoms with van der Waals surface area (Å²) in [6.45, 7) is 6.44. The second kappa shape index (κ2) is 55.9. The summed E-state index contributed by atoms with van der Waals surface area (Å²) >= 11 is 0. The molecule has 0 amide bonds. The average Bonchev–Trinajstić information content (AvgIpc) is 3.34. The second-order valence-electron chi connectivity index (χ2n) is 18.5. The highest BCUT2D eigenvalue weighted by Crippen LogP contribution is 2.15. The third-order valence-electron chi connectivity index (χ3n) is 11.8. The van der Waals surface area contributed by atoms with Crippen LogP contribution < -0.4 is 0 Å². The van der Waals surface area contributed by atoms with E-state index >= 15 is 0 Å². The molecule has 0 aliphatic heterocycles. The summed E-state index contributed by atoms with van der Waals surface area (Å²) < 4.78 is 16.8. The number of ether oxygens (including phenoxy) is 3. The van der Waals surface area contributed by atoms with Gasteiger partial charge >= 0.3 is 17.9 Å². The SMILES string of the molecule is CC/C=C\C/C=C\C/C=C\C/C=C\C/C=C\C/C=C\CCC(=O)OCC(COC(=O)CCCCCCCCCCCCCCCCC)OC(=O)CCCCCCC/C=C\C/C=C\CCCCCC. The van der Waals surface area contributed by atoms with E-state index < -0.39 is 6.10 Å². The summed E-state index contributed by atoms with van der Waals surface area (Å²) in [6, 6.07) is 0. The van der Waals surface area contributed by atoms with Crippen LogP contribution in [0, 0.1) is 0 Å². The van der Waals surface area contributed by atoms with E-state index in [9.17, 15) is 14.4 Å². The lowest BCUT2D eigenvalue weighted by atomic mass is 10.0. The Morgan fingerprint density at radius 2 is 0.603 bits per heavy atom. The maximum atomic E-state index is 12.8. The monoisotopic (exact) mass is 945 g/mol. The van der Waals surface area contributed by atoms with Gasteiger partial charge in [-0.05, 0) is 89.9 Å². The first kappa shape index (κ1) is 64.3. The fraction of sp³-hybridized carbons (Fsp3) is 0.694. The lowest BCUT2D eigenvalue weighted by Crippen LogP contribution is -2.30. The summed E-state index contributed by atoms with van der Waals surface area (Å²) in [7, 11) is 0. The average molecular weight is 946 g/mol. The molecule has 0 aromatic carbocycles. The van der Waals surface area contributed by atoms with Gasteiger partial charge in [0.05, 0.1) is 0 Å². The van der Waals surface area contributed by atoms with Crippen molar-refractivity contribution >= 4 is 17.9 Å². The fourth-order valence-electron chi connectivity index (χ4n) is 7.62. The van der Waals surface area contributed by atoms with Crippen molar-refractivity contribution in [1.82, 2.24) is 0 Å². The van der Waals surface area contributed by atoms with E-state index in [1.54, 1.807) is 0 Å². The number of carbonyl (C=O) groups excluding carboxylic acids is 3. The Labute approximate surface area is 419 Å². The third kappa shape index (κ3) is 53.3. The van der Waals surface area contributed by atoms with Crippen LogP contribution in [0.4, 0.5) is 0 Å². The molecule has 0 N–H and O–H groups in total. The Morgan fingerprint density at radius 3 is 1.00 bits per heavy atom. The maximum Gasteiger partial charge on any atom is 0.306 e. The van der Waals surface area contributed by atoms with Crippen molar-refractivity contribution in [3.63, 3.8) is 0 Å². The van der Waals surface area contributed by atoms with Crippen LogP contribution in [-0.4, -0.2) is 37.2 Å². The predicted molar refractivity (Wildman–Crippen MR) is 293 cm³/mol. The minimum Gasteiger partial charge on any atom is -0.462 e. The lowest BCUT2D eigenvalue weighted by molar-refractivity contribution is -0.166. The van der Waals surface area contributed by atoms with E-state index in [-0.39, 0.29) is 37.5 Å². The molecule has 6 heteroatoms. The molecule has 68 heavy (non-hydrogen) atoms. The molecule has 0 aromatic heterocycles. The van der Waals surface area contributed by atoms with Gasteiger partial charge in [0.2, 0.25) is 0 Å². The summed E-state index contributed by atoms with van der Waals surface area (Å²) in [6.07, 6.45) is 74.0. The van der Waals surface area contributed by atoms with Gasteiger partial charge in [0.1, 0.15) is 13.2 Å². The van der Waals surface area contributed by atoms with Crippen LogP contribution in [0.25, 0.3) is 0 Å². The van der Waals surface area contributed by atoms with Crippen LogP contribution in [0.2, 0.25) is 0 Å². The first-order valence-corrected chi connectivity index (χ1v) is 28.2. The van der Waals surface area contributed by atoms with Crippen molar-refractivity contribution in [2.45, 2.75) is 264 Å². The van der Waals surface area contributed by atoms with Crippen molar-refractivity contribution in [2.24, 2.45) is 0 Å². The Balaban J connectivity index is 4.52. The third-order valence-corrected chi connectivity index (χ3v) is 11.8. The molecule has 0 spiro atoms. The summed E-state index contributed by atoms with van der Waals surface area (Å²) in [5, 5.41) is 0. The van der Waals surface area contributed by atoms with E-state index in [1.165, 1.54) is 109 Å². The Kier molecular flexibility index (Phi) is 52.9. The van der Waals surface area contributed by atoms with Gasteiger partial charge in [-0.25, -0.2) is 0 Å². The molecule has 0 bridgehead atoms. The zero-order valence-corrected chi connectivity index (χ0v) is 44.3. The van der Waals surface area contributed by atoms with Gasteiger partial charge in [-0.2, -0.15) is 0 Å². The van der Waals surface area contributed by atoms with Crippen LogP contribution in [0.5, 0.6) is 0 Å². The minimum atomic E-state index is -0.815. The van der Waals surface area contributed by atoms with Crippen molar-refractivity contribution in [3.8, 4) is 0 Å². The van der Waals surface area contributed by atoms with Crippen molar-refractivity contribution in [1.29, 1.82) is 0 Å². The van der Waals surface area contributed by atoms with Crippen LogP contribution >= 0.6 is 0 Å². The number of hydrogen-bond acceptors (Lipinski definition) is 6. The molecule has 1 atom stereocenters. The van der Waals surface area contributed by atoms with E-state index in [2.05, 4.69) is 112 Å². The Bertz CT molecular complexity index is 1360. The molecule has 0 saturated heterocycles. The van der Waals surface area contributed by atoms with Gasteiger partial charge in [0, 0.05) is 19.3 Å². The molecule has 0 saturated carbocycles. The van der Waals surface area contributed by atoms with Crippen molar-refractivity contribution in [2.75, 3.05) is 13.2 Å². The predicted octanol–water partition coefficient (Wildman–Crippen LogP) is 18.9. The largest absolute Gasteiger partial charge is 0.462 e. The molecular weight excluding hydrogens is 841 g/mol.